The number of rotatable bonds is 3. The maximum absolute atomic E-state index is 13.9. The smallest absolute Gasteiger partial charge is 0.416 e. The van der Waals surface area contributed by atoms with Crippen LogP contribution in [0.15, 0.2) is 33.7 Å². The van der Waals surface area contributed by atoms with Crippen LogP contribution in [0.2, 0.25) is 0 Å². The van der Waals surface area contributed by atoms with E-state index in [4.69, 9.17) is 4.74 Å². The number of benzene rings is 2. The van der Waals surface area contributed by atoms with Crippen LogP contribution in [-0.2, 0) is 11.0 Å². The van der Waals surface area contributed by atoms with Crippen LogP contribution in [0.25, 0.3) is 0 Å². The zero-order chi connectivity index (χ0) is 18.1. The third-order valence-corrected chi connectivity index (χ3v) is 3.14. The molecule has 0 N–H and O–H groups in total. The van der Waals surface area contributed by atoms with Crippen LogP contribution in [0.5, 0.6) is 11.5 Å². The molecule has 0 bridgehead atoms. The summed E-state index contributed by atoms with van der Waals surface area (Å²) < 4.78 is 83.7. The Labute approximate surface area is 138 Å². The van der Waals surface area contributed by atoms with Gasteiger partial charge in [0.05, 0.1) is 5.56 Å². The first-order valence-electron chi connectivity index (χ1n) is 5.94. The molecular weight excluding hydrogens is 408 g/mol. The van der Waals surface area contributed by atoms with Crippen molar-refractivity contribution < 1.29 is 35.9 Å². The molecule has 0 aliphatic rings. The van der Waals surface area contributed by atoms with E-state index in [0.29, 0.717) is 0 Å². The molecule has 0 heterocycles. The summed E-state index contributed by atoms with van der Waals surface area (Å²) in [5, 5.41) is 0. The maximum Gasteiger partial charge on any atom is 0.416 e. The number of carbonyl (C=O) groups excluding carboxylic acids is 1. The number of alkyl halides is 3. The topological polar surface area (TPSA) is 38.7 Å². The number of ether oxygens (including phenoxy) is 1. The van der Waals surface area contributed by atoms with Crippen molar-refractivity contribution >= 4 is 27.7 Å². The van der Waals surface area contributed by atoms with E-state index in [2.05, 4.69) is 20.9 Å². The molecular formula is C14H4BrF6NO2. The number of hydrogen-bond acceptors (Lipinski definition) is 3. The molecule has 2 rings (SSSR count). The van der Waals surface area contributed by atoms with Crippen molar-refractivity contribution in [1.29, 1.82) is 0 Å². The number of nitrogens with zero attached hydrogens (tertiary/aromatic N) is 1. The summed E-state index contributed by atoms with van der Waals surface area (Å²) in [5.41, 5.74) is -2.04. The molecule has 0 aliphatic carbocycles. The highest BCUT2D eigenvalue weighted by molar-refractivity contribution is 9.10. The molecule has 3 nitrogen and oxygen atoms in total. The van der Waals surface area contributed by atoms with Gasteiger partial charge in [-0.25, -0.2) is 18.0 Å². The van der Waals surface area contributed by atoms with Crippen LogP contribution in [0.4, 0.5) is 32.0 Å². The van der Waals surface area contributed by atoms with Crippen molar-refractivity contribution in [1.82, 2.24) is 0 Å². The lowest BCUT2D eigenvalue weighted by atomic mass is 10.2. The highest BCUT2D eigenvalue weighted by Gasteiger charge is 2.33. The lowest BCUT2D eigenvalue weighted by Crippen LogP contribution is -2.07. The van der Waals surface area contributed by atoms with Crippen LogP contribution >= 0.6 is 15.9 Å². The Balaban J connectivity index is 2.55. The molecule has 0 saturated heterocycles. The minimum absolute atomic E-state index is 0.00214. The summed E-state index contributed by atoms with van der Waals surface area (Å²) in [5.74, 6) is -6.68. The van der Waals surface area contributed by atoms with E-state index in [-0.39, 0.29) is 16.6 Å². The molecule has 10 heteroatoms. The van der Waals surface area contributed by atoms with Gasteiger partial charge in [-0.05, 0) is 24.3 Å². The Morgan fingerprint density at radius 3 is 2.00 bits per heavy atom. The van der Waals surface area contributed by atoms with E-state index in [9.17, 15) is 31.1 Å². The average Bonchev–Trinajstić information content (AvgIpc) is 2.44. The Kier molecular flexibility index (Phi) is 5.00. The van der Waals surface area contributed by atoms with Gasteiger partial charge in [0.15, 0.2) is 29.0 Å². The van der Waals surface area contributed by atoms with Crippen molar-refractivity contribution in [2.45, 2.75) is 6.18 Å². The van der Waals surface area contributed by atoms with Crippen LogP contribution in [0, 0.1) is 17.5 Å². The summed E-state index contributed by atoms with van der Waals surface area (Å²) in [6.45, 7) is 0. The van der Waals surface area contributed by atoms with Gasteiger partial charge in [-0.1, -0.05) is 15.9 Å². The molecule has 24 heavy (non-hydrogen) atoms. The van der Waals surface area contributed by atoms with E-state index >= 15 is 0 Å². The van der Waals surface area contributed by atoms with Crippen molar-refractivity contribution in [3.8, 4) is 11.5 Å². The Hall–Kier alpha value is -2.32. The van der Waals surface area contributed by atoms with Crippen LogP contribution < -0.4 is 4.74 Å². The van der Waals surface area contributed by atoms with Gasteiger partial charge in [0.2, 0.25) is 6.08 Å². The molecule has 0 atom stereocenters. The van der Waals surface area contributed by atoms with Crippen molar-refractivity contribution in [2.75, 3.05) is 0 Å². The van der Waals surface area contributed by atoms with Gasteiger partial charge >= 0.3 is 6.18 Å². The van der Waals surface area contributed by atoms with Gasteiger partial charge in [-0.15, -0.1) is 0 Å². The van der Waals surface area contributed by atoms with Crippen LogP contribution in [0.3, 0.4) is 0 Å². The molecule has 0 aliphatic heterocycles. The molecule has 0 unspecified atom stereocenters. The fourth-order valence-electron chi connectivity index (χ4n) is 1.70. The Bertz CT molecular complexity index is 823. The minimum Gasteiger partial charge on any atom is -0.446 e. The highest BCUT2D eigenvalue weighted by atomic mass is 79.9. The van der Waals surface area contributed by atoms with E-state index < -0.39 is 46.4 Å². The zero-order valence-corrected chi connectivity index (χ0v) is 12.8. The predicted octanol–water partition coefficient (Wildman–Crippen LogP) is 5.64. The Morgan fingerprint density at radius 1 is 0.958 bits per heavy atom. The summed E-state index contributed by atoms with van der Waals surface area (Å²) >= 11 is 2.90. The van der Waals surface area contributed by atoms with Crippen LogP contribution in [-0.4, -0.2) is 6.08 Å². The largest absolute Gasteiger partial charge is 0.446 e. The van der Waals surface area contributed by atoms with E-state index in [1.54, 1.807) is 0 Å². The van der Waals surface area contributed by atoms with E-state index in [0.717, 1.165) is 18.2 Å². The lowest BCUT2D eigenvalue weighted by Gasteiger charge is -2.13. The monoisotopic (exact) mass is 411 g/mol. The van der Waals surface area contributed by atoms with E-state index in [1.807, 2.05) is 0 Å². The molecule has 2 aromatic carbocycles. The molecule has 0 amide bonds. The first kappa shape index (κ1) is 18.0. The second-order valence-electron chi connectivity index (χ2n) is 4.31. The number of halogens is 7. The first-order chi connectivity index (χ1) is 11.1. The fourth-order valence-corrected chi connectivity index (χ4v) is 2.12. The van der Waals surface area contributed by atoms with E-state index in [1.165, 1.54) is 0 Å². The summed E-state index contributed by atoms with van der Waals surface area (Å²) in [6.07, 6.45) is -3.88. The van der Waals surface area contributed by atoms with Gasteiger partial charge in [-0.3, -0.25) is 0 Å². The maximum atomic E-state index is 13.9. The summed E-state index contributed by atoms with van der Waals surface area (Å²) in [6, 6.07) is 1.93. The van der Waals surface area contributed by atoms with Gasteiger partial charge in [-0.2, -0.15) is 18.2 Å². The minimum atomic E-state index is -4.98. The van der Waals surface area contributed by atoms with Gasteiger partial charge in [0.1, 0.15) is 5.69 Å². The van der Waals surface area contributed by atoms with Gasteiger partial charge < -0.3 is 4.74 Å². The van der Waals surface area contributed by atoms with Crippen molar-refractivity contribution in [3.63, 3.8) is 0 Å². The molecule has 0 fully saturated rings. The molecule has 126 valence electrons. The molecule has 0 spiro atoms. The zero-order valence-electron chi connectivity index (χ0n) is 11.2. The number of hydrogen-bond donors (Lipinski definition) is 0. The fraction of sp³-hybridized carbons (Fsp3) is 0.0714. The summed E-state index contributed by atoms with van der Waals surface area (Å²) in [7, 11) is 0. The normalized spacial score (nSPS) is 11.1. The standard InChI is InChI=1S/C14H4BrF6NO2/c15-7-3-10(18)13(11(4-7)22-5-23)24-12-8(16)1-6(2-9(12)17)14(19,20)21/h1-4H. The average molecular weight is 412 g/mol. The first-order valence-corrected chi connectivity index (χ1v) is 6.73. The molecule has 2 aromatic rings. The highest BCUT2D eigenvalue weighted by Crippen LogP contribution is 2.40. The lowest BCUT2D eigenvalue weighted by molar-refractivity contribution is -0.138. The molecule has 0 saturated carbocycles. The summed E-state index contributed by atoms with van der Waals surface area (Å²) in [4.78, 5) is 13.4. The SMILES string of the molecule is O=C=Nc1cc(Br)cc(F)c1Oc1c(F)cc(C(F)(F)F)cc1F. The van der Waals surface area contributed by atoms with Gasteiger partial charge in [0, 0.05) is 4.47 Å². The van der Waals surface area contributed by atoms with Gasteiger partial charge in [0.25, 0.3) is 0 Å². The van der Waals surface area contributed by atoms with Crippen LogP contribution in [0.1, 0.15) is 5.56 Å². The second-order valence-corrected chi connectivity index (χ2v) is 5.22. The van der Waals surface area contributed by atoms with Crippen molar-refractivity contribution in [3.05, 3.63) is 51.8 Å². The third kappa shape index (κ3) is 3.77. The molecule has 0 radical (unpaired) electrons. The van der Waals surface area contributed by atoms with Crippen molar-refractivity contribution in [2.24, 2.45) is 4.99 Å². The number of isocyanates is 1. The quantitative estimate of drug-likeness (QED) is 0.372. The number of aliphatic imine (C=N–C) groups is 1. The second kappa shape index (κ2) is 6.66. The third-order valence-electron chi connectivity index (χ3n) is 2.68. The predicted molar refractivity (Wildman–Crippen MR) is 73.3 cm³/mol. The Morgan fingerprint density at radius 2 is 1.50 bits per heavy atom. The molecule has 0 aromatic heterocycles.